The maximum Gasteiger partial charge on any atom is 0.319 e. The average Bonchev–Trinajstić information content (AvgIpc) is 2.96. The van der Waals surface area contributed by atoms with Crippen molar-refractivity contribution in [2.75, 3.05) is 31.1 Å². The Labute approximate surface area is 226 Å². The molecule has 0 spiro atoms. The highest BCUT2D eigenvalue weighted by molar-refractivity contribution is 6.04. The summed E-state index contributed by atoms with van der Waals surface area (Å²) in [6, 6.07) is 28.3. The number of primary amides is 1. The molecule has 1 aliphatic heterocycles. The molecule has 0 radical (unpaired) electrons. The molecule has 0 atom stereocenters. The van der Waals surface area contributed by atoms with Crippen molar-refractivity contribution in [2.24, 2.45) is 11.7 Å². The minimum Gasteiger partial charge on any atom is -0.352 e. The molecule has 3 aromatic carbocycles. The molecular weight excluding hydrogens is 472 g/mol. The van der Waals surface area contributed by atoms with Crippen LogP contribution in [0.5, 0.6) is 0 Å². The van der Waals surface area contributed by atoms with Crippen LogP contribution in [-0.4, -0.2) is 43.0 Å². The lowest BCUT2D eigenvalue weighted by Crippen LogP contribution is -2.41. The van der Waals surface area contributed by atoms with Crippen molar-refractivity contribution >= 4 is 17.6 Å². The molecule has 1 saturated heterocycles. The zero-order valence-corrected chi connectivity index (χ0v) is 22.4. The fourth-order valence-electron chi connectivity index (χ4n) is 5.40. The van der Waals surface area contributed by atoms with Crippen LogP contribution >= 0.6 is 0 Å². The molecule has 0 aromatic heterocycles. The number of unbranched alkanes of at least 4 members (excludes halogenated alkanes) is 2. The number of hydrogen-bond acceptors (Lipinski definition) is 3. The van der Waals surface area contributed by atoms with Crippen molar-refractivity contribution in [3.8, 4) is 0 Å². The molecule has 200 valence electrons. The molecule has 0 unspecified atom stereocenters. The molecule has 1 aliphatic rings. The highest BCUT2D eigenvalue weighted by atomic mass is 16.2. The molecule has 1 heterocycles. The Kier molecular flexibility index (Phi) is 9.93. The topological polar surface area (TPSA) is 78.7 Å². The Bertz CT molecular complexity index is 1120. The van der Waals surface area contributed by atoms with Gasteiger partial charge in [0.05, 0.1) is 17.3 Å². The second kappa shape index (κ2) is 13.8. The average molecular weight is 513 g/mol. The zero-order valence-electron chi connectivity index (χ0n) is 22.4. The van der Waals surface area contributed by atoms with Gasteiger partial charge in [0.1, 0.15) is 0 Å². The molecule has 4 rings (SSSR count). The number of hydrogen-bond donors (Lipinski definition) is 2. The van der Waals surface area contributed by atoms with E-state index in [0.29, 0.717) is 30.3 Å². The number of rotatable bonds is 11. The smallest absolute Gasteiger partial charge is 0.319 e. The highest BCUT2D eigenvalue weighted by Crippen LogP contribution is 2.32. The fourth-order valence-corrected chi connectivity index (χ4v) is 5.40. The monoisotopic (exact) mass is 512 g/mol. The number of benzene rings is 3. The van der Waals surface area contributed by atoms with E-state index in [1.54, 1.807) is 12.1 Å². The number of anilines is 1. The van der Waals surface area contributed by atoms with E-state index in [-0.39, 0.29) is 11.9 Å². The van der Waals surface area contributed by atoms with E-state index in [0.717, 1.165) is 45.2 Å². The predicted octanol–water partition coefficient (Wildman–Crippen LogP) is 5.99. The van der Waals surface area contributed by atoms with Crippen LogP contribution in [0.3, 0.4) is 0 Å². The first-order valence-corrected chi connectivity index (χ1v) is 13.9. The number of likely N-dealkylation sites (tertiary alicyclic amines) is 1. The van der Waals surface area contributed by atoms with Crippen molar-refractivity contribution in [3.05, 3.63) is 102 Å². The van der Waals surface area contributed by atoms with Gasteiger partial charge >= 0.3 is 6.03 Å². The third-order valence-electron chi connectivity index (χ3n) is 7.49. The van der Waals surface area contributed by atoms with E-state index in [1.165, 1.54) is 16.0 Å². The number of piperidine rings is 1. The van der Waals surface area contributed by atoms with Gasteiger partial charge in [0, 0.05) is 13.1 Å². The third kappa shape index (κ3) is 7.01. The summed E-state index contributed by atoms with van der Waals surface area (Å²) >= 11 is 0. The summed E-state index contributed by atoms with van der Waals surface area (Å²) in [6.07, 6.45) is 4.93. The standard InChI is InChI=1S/C32H40N4O2/c1-2-3-12-21-36(32(33)38)29-18-11-10-17-28(29)31(37)34-24-25-19-22-35(23-20-25)30(26-13-6-4-7-14-26)27-15-8-5-9-16-27/h4-11,13-18,25,30H,2-3,12,19-24H2,1H3,(H2,33,38)(H,34,37). The van der Waals surface area contributed by atoms with E-state index in [4.69, 9.17) is 5.73 Å². The van der Waals surface area contributed by atoms with Crippen LogP contribution in [0, 0.1) is 5.92 Å². The lowest BCUT2D eigenvalue weighted by molar-refractivity contribution is 0.0931. The van der Waals surface area contributed by atoms with E-state index in [9.17, 15) is 9.59 Å². The van der Waals surface area contributed by atoms with Gasteiger partial charge in [-0.3, -0.25) is 14.6 Å². The molecule has 3 N–H and O–H groups in total. The normalized spacial score (nSPS) is 14.4. The molecular formula is C32H40N4O2. The summed E-state index contributed by atoms with van der Waals surface area (Å²) in [5.41, 5.74) is 9.37. The minimum absolute atomic E-state index is 0.156. The van der Waals surface area contributed by atoms with Crippen LogP contribution < -0.4 is 16.0 Å². The molecule has 0 aliphatic carbocycles. The van der Waals surface area contributed by atoms with Gasteiger partial charge in [0.25, 0.3) is 5.91 Å². The number of carbonyl (C=O) groups is 2. The van der Waals surface area contributed by atoms with Crippen molar-refractivity contribution in [3.63, 3.8) is 0 Å². The van der Waals surface area contributed by atoms with Gasteiger partial charge in [-0.25, -0.2) is 4.79 Å². The van der Waals surface area contributed by atoms with Gasteiger partial charge in [-0.2, -0.15) is 0 Å². The largest absolute Gasteiger partial charge is 0.352 e. The summed E-state index contributed by atoms with van der Waals surface area (Å²) in [4.78, 5) is 29.5. The van der Waals surface area contributed by atoms with Crippen molar-refractivity contribution in [1.29, 1.82) is 0 Å². The maximum atomic E-state index is 13.2. The van der Waals surface area contributed by atoms with Crippen LogP contribution in [0.15, 0.2) is 84.9 Å². The van der Waals surface area contributed by atoms with Gasteiger partial charge in [0.15, 0.2) is 0 Å². The summed E-state index contributed by atoms with van der Waals surface area (Å²) in [6.45, 7) is 5.19. The first-order chi connectivity index (χ1) is 18.6. The first-order valence-electron chi connectivity index (χ1n) is 13.9. The van der Waals surface area contributed by atoms with E-state index in [2.05, 4.69) is 77.8 Å². The lowest BCUT2D eigenvalue weighted by Gasteiger charge is -2.38. The Morgan fingerprint density at radius 3 is 2.05 bits per heavy atom. The number of para-hydroxylation sites is 1. The predicted molar refractivity (Wildman–Crippen MR) is 154 cm³/mol. The molecule has 3 aromatic rings. The number of amides is 3. The molecule has 1 fully saturated rings. The zero-order chi connectivity index (χ0) is 26.7. The van der Waals surface area contributed by atoms with Gasteiger partial charge in [-0.15, -0.1) is 0 Å². The summed E-state index contributed by atoms with van der Waals surface area (Å²) < 4.78 is 0. The Morgan fingerprint density at radius 1 is 0.895 bits per heavy atom. The second-order valence-corrected chi connectivity index (χ2v) is 10.1. The number of carbonyl (C=O) groups excluding carboxylic acids is 2. The van der Waals surface area contributed by atoms with Crippen molar-refractivity contribution in [1.82, 2.24) is 10.2 Å². The van der Waals surface area contributed by atoms with Gasteiger partial charge < -0.3 is 11.1 Å². The van der Waals surface area contributed by atoms with Crippen LogP contribution in [0.25, 0.3) is 0 Å². The molecule has 3 amide bonds. The Morgan fingerprint density at radius 2 is 1.47 bits per heavy atom. The summed E-state index contributed by atoms with van der Waals surface area (Å²) in [5.74, 6) is 0.252. The first kappa shape index (κ1) is 27.4. The third-order valence-corrected chi connectivity index (χ3v) is 7.49. The van der Waals surface area contributed by atoms with Crippen LogP contribution in [-0.2, 0) is 0 Å². The molecule has 6 nitrogen and oxygen atoms in total. The minimum atomic E-state index is -0.528. The quantitative estimate of drug-likeness (QED) is 0.310. The second-order valence-electron chi connectivity index (χ2n) is 10.1. The number of urea groups is 1. The maximum absolute atomic E-state index is 13.2. The van der Waals surface area contributed by atoms with E-state index < -0.39 is 6.03 Å². The molecule has 0 bridgehead atoms. The van der Waals surface area contributed by atoms with Crippen molar-refractivity contribution < 1.29 is 9.59 Å². The van der Waals surface area contributed by atoms with E-state index in [1.807, 2.05) is 12.1 Å². The highest BCUT2D eigenvalue weighted by Gasteiger charge is 2.28. The number of nitrogens with zero attached hydrogens (tertiary/aromatic N) is 2. The van der Waals surface area contributed by atoms with Gasteiger partial charge in [-0.1, -0.05) is 92.6 Å². The van der Waals surface area contributed by atoms with Crippen LogP contribution in [0.1, 0.15) is 66.6 Å². The van der Waals surface area contributed by atoms with Gasteiger partial charge in [-0.05, 0) is 61.5 Å². The Balaban J connectivity index is 1.37. The van der Waals surface area contributed by atoms with Crippen LogP contribution in [0.4, 0.5) is 10.5 Å². The molecule has 38 heavy (non-hydrogen) atoms. The van der Waals surface area contributed by atoms with E-state index >= 15 is 0 Å². The lowest BCUT2D eigenvalue weighted by atomic mass is 9.91. The van der Waals surface area contributed by atoms with Gasteiger partial charge in [0.2, 0.25) is 0 Å². The SMILES string of the molecule is CCCCCN(C(N)=O)c1ccccc1C(=O)NCC1CCN(C(c2ccccc2)c2ccccc2)CC1. The molecule has 6 heteroatoms. The molecule has 0 saturated carbocycles. The number of nitrogens with one attached hydrogen (secondary N) is 1. The number of nitrogens with two attached hydrogens (primary N) is 1. The summed E-state index contributed by atoms with van der Waals surface area (Å²) in [5, 5.41) is 3.14. The summed E-state index contributed by atoms with van der Waals surface area (Å²) in [7, 11) is 0. The fraction of sp³-hybridized carbons (Fsp3) is 0.375. The van der Waals surface area contributed by atoms with Crippen molar-refractivity contribution in [2.45, 2.75) is 45.1 Å². The Hall–Kier alpha value is -3.64. The van der Waals surface area contributed by atoms with Crippen LogP contribution in [0.2, 0.25) is 0 Å².